The summed E-state index contributed by atoms with van der Waals surface area (Å²) in [5.74, 6) is -0.0468. The van der Waals surface area contributed by atoms with Gasteiger partial charge in [-0.2, -0.15) is 0 Å². The zero-order chi connectivity index (χ0) is 13.8. The molecule has 1 aliphatic heterocycles. The number of hydrogen-bond donors (Lipinski definition) is 2. The average molecular weight is 264 g/mol. The predicted octanol–water partition coefficient (Wildman–Crippen LogP) is 2.53. The first kappa shape index (κ1) is 12.5. The van der Waals surface area contributed by atoms with Crippen LogP contribution in [0.1, 0.15) is 17.2 Å². The largest absolute Gasteiger partial charge is 0.382 e. The van der Waals surface area contributed by atoms with Crippen molar-refractivity contribution >= 4 is 5.91 Å². The monoisotopic (exact) mass is 264 g/mol. The van der Waals surface area contributed by atoms with Crippen molar-refractivity contribution in [3.8, 4) is 0 Å². The van der Waals surface area contributed by atoms with Crippen molar-refractivity contribution in [2.45, 2.75) is 12.6 Å². The van der Waals surface area contributed by atoms with E-state index in [-0.39, 0.29) is 11.9 Å². The van der Waals surface area contributed by atoms with E-state index in [9.17, 15) is 4.79 Å². The van der Waals surface area contributed by atoms with Crippen molar-refractivity contribution in [2.24, 2.45) is 0 Å². The van der Waals surface area contributed by atoms with Crippen LogP contribution in [0.2, 0.25) is 0 Å². The molecule has 1 heterocycles. The molecule has 100 valence electrons. The standard InChI is InChI=1S/C17H16N2O/c20-16-11-15(18-12-13-7-3-1-4-8-13)17(19-16)14-9-5-2-6-10-14/h1-11,17-18H,12H2,(H,19,20). The molecule has 3 rings (SSSR count). The number of nitrogens with one attached hydrogen (secondary N) is 2. The fourth-order valence-corrected chi connectivity index (χ4v) is 2.35. The lowest BCUT2D eigenvalue weighted by atomic mass is 10.1. The number of amides is 1. The summed E-state index contributed by atoms with van der Waals surface area (Å²) in [7, 11) is 0. The van der Waals surface area contributed by atoms with E-state index in [1.807, 2.05) is 48.5 Å². The van der Waals surface area contributed by atoms with Crippen LogP contribution < -0.4 is 10.6 Å². The molecule has 0 aromatic heterocycles. The van der Waals surface area contributed by atoms with Gasteiger partial charge >= 0.3 is 0 Å². The average Bonchev–Trinajstić information content (AvgIpc) is 2.88. The van der Waals surface area contributed by atoms with E-state index < -0.39 is 0 Å². The van der Waals surface area contributed by atoms with E-state index in [1.54, 1.807) is 6.08 Å². The van der Waals surface area contributed by atoms with Crippen molar-refractivity contribution in [2.75, 3.05) is 0 Å². The molecule has 3 heteroatoms. The van der Waals surface area contributed by atoms with Gasteiger partial charge in [-0.05, 0) is 11.1 Å². The second-order valence-corrected chi connectivity index (χ2v) is 4.79. The molecule has 20 heavy (non-hydrogen) atoms. The zero-order valence-electron chi connectivity index (χ0n) is 11.0. The van der Waals surface area contributed by atoms with Gasteiger partial charge in [-0.1, -0.05) is 60.7 Å². The Morgan fingerprint density at radius 3 is 2.30 bits per heavy atom. The molecule has 1 aliphatic rings. The highest BCUT2D eigenvalue weighted by Crippen LogP contribution is 2.23. The van der Waals surface area contributed by atoms with Crippen LogP contribution in [-0.2, 0) is 11.3 Å². The minimum absolute atomic E-state index is 0.0468. The summed E-state index contributed by atoms with van der Waals surface area (Å²) in [6.07, 6.45) is 1.64. The highest BCUT2D eigenvalue weighted by Gasteiger charge is 2.24. The van der Waals surface area contributed by atoms with Gasteiger partial charge in [0.1, 0.15) is 0 Å². The molecule has 0 aliphatic carbocycles. The molecule has 3 nitrogen and oxygen atoms in total. The molecule has 0 saturated carbocycles. The van der Waals surface area contributed by atoms with Crippen LogP contribution >= 0.6 is 0 Å². The van der Waals surface area contributed by atoms with Crippen molar-refractivity contribution in [1.29, 1.82) is 0 Å². The van der Waals surface area contributed by atoms with Crippen LogP contribution in [0.4, 0.5) is 0 Å². The number of carbonyl (C=O) groups is 1. The Balaban J connectivity index is 1.74. The van der Waals surface area contributed by atoms with Gasteiger partial charge in [-0.25, -0.2) is 0 Å². The Labute approximate surface area is 118 Å². The molecule has 0 radical (unpaired) electrons. The van der Waals surface area contributed by atoms with Crippen LogP contribution in [-0.4, -0.2) is 5.91 Å². The molecular formula is C17H16N2O. The maximum atomic E-state index is 11.6. The van der Waals surface area contributed by atoms with Crippen molar-refractivity contribution < 1.29 is 4.79 Å². The predicted molar refractivity (Wildman–Crippen MR) is 78.7 cm³/mol. The summed E-state index contributed by atoms with van der Waals surface area (Å²) in [6.45, 7) is 0.713. The quantitative estimate of drug-likeness (QED) is 0.891. The number of rotatable bonds is 4. The Bertz CT molecular complexity index is 620. The minimum Gasteiger partial charge on any atom is -0.382 e. The smallest absolute Gasteiger partial charge is 0.246 e. The van der Waals surface area contributed by atoms with Gasteiger partial charge in [0.2, 0.25) is 5.91 Å². The molecule has 2 aromatic carbocycles. The molecule has 0 saturated heterocycles. The molecule has 2 N–H and O–H groups in total. The van der Waals surface area contributed by atoms with Crippen LogP contribution in [0.25, 0.3) is 0 Å². The van der Waals surface area contributed by atoms with Crippen molar-refractivity contribution in [1.82, 2.24) is 10.6 Å². The maximum Gasteiger partial charge on any atom is 0.246 e. The number of carbonyl (C=O) groups excluding carboxylic acids is 1. The lowest BCUT2D eigenvalue weighted by Crippen LogP contribution is -2.25. The summed E-state index contributed by atoms with van der Waals surface area (Å²) >= 11 is 0. The minimum atomic E-state index is -0.0765. The molecule has 0 bridgehead atoms. The van der Waals surface area contributed by atoms with Gasteiger partial charge < -0.3 is 10.6 Å². The summed E-state index contributed by atoms with van der Waals surface area (Å²) in [4.78, 5) is 11.6. The fraction of sp³-hybridized carbons (Fsp3) is 0.118. The van der Waals surface area contributed by atoms with Crippen LogP contribution in [0.3, 0.4) is 0 Å². The molecule has 0 fully saturated rings. The van der Waals surface area contributed by atoms with Gasteiger partial charge in [0, 0.05) is 18.3 Å². The molecule has 1 amide bonds. The maximum absolute atomic E-state index is 11.6. The molecule has 0 spiro atoms. The second kappa shape index (κ2) is 5.61. The summed E-state index contributed by atoms with van der Waals surface area (Å²) in [5.41, 5.74) is 3.20. The van der Waals surface area contributed by atoms with E-state index in [4.69, 9.17) is 0 Å². The number of benzene rings is 2. The van der Waals surface area contributed by atoms with E-state index >= 15 is 0 Å². The van der Waals surface area contributed by atoms with Crippen molar-refractivity contribution in [3.63, 3.8) is 0 Å². The molecule has 1 unspecified atom stereocenters. The highest BCUT2D eigenvalue weighted by molar-refractivity contribution is 5.91. The topological polar surface area (TPSA) is 41.1 Å². The third kappa shape index (κ3) is 2.72. The van der Waals surface area contributed by atoms with Gasteiger partial charge in [0.15, 0.2) is 0 Å². The van der Waals surface area contributed by atoms with Crippen LogP contribution in [0, 0.1) is 0 Å². The first-order valence-electron chi connectivity index (χ1n) is 6.68. The third-order valence-corrected chi connectivity index (χ3v) is 3.36. The zero-order valence-corrected chi connectivity index (χ0v) is 11.0. The van der Waals surface area contributed by atoms with Crippen LogP contribution in [0.5, 0.6) is 0 Å². The summed E-state index contributed by atoms with van der Waals surface area (Å²) in [6, 6.07) is 20.1. The Morgan fingerprint density at radius 2 is 1.60 bits per heavy atom. The van der Waals surface area contributed by atoms with E-state index in [0.717, 1.165) is 11.3 Å². The van der Waals surface area contributed by atoms with Crippen molar-refractivity contribution in [3.05, 3.63) is 83.6 Å². The molecule has 1 atom stereocenters. The first-order chi connectivity index (χ1) is 9.83. The SMILES string of the molecule is O=C1C=C(NCc2ccccc2)C(c2ccccc2)N1. The summed E-state index contributed by atoms with van der Waals surface area (Å²) < 4.78 is 0. The lowest BCUT2D eigenvalue weighted by Gasteiger charge is -2.17. The van der Waals surface area contributed by atoms with E-state index in [1.165, 1.54) is 5.56 Å². The first-order valence-corrected chi connectivity index (χ1v) is 6.68. The second-order valence-electron chi connectivity index (χ2n) is 4.79. The van der Waals surface area contributed by atoms with E-state index in [2.05, 4.69) is 22.8 Å². The molecule has 2 aromatic rings. The summed E-state index contributed by atoms with van der Waals surface area (Å²) in [5, 5.41) is 6.32. The Morgan fingerprint density at radius 1 is 0.950 bits per heavy atom. The highest BCUT2D eigenvalue weighted by atomic mass is 16.1. The van der Waals surface area contributed by atoms with Gasteiger partial charge in [0.05, 0.1) is 6.04 Å². The van der Waals surface area contributed by atoms with Gasteiger partial charge in [-0.3, -0.25) is 4.79 Å². The number of hydrogen-bond acceptors (Lipinski definition) is 2. The Hall–Kier alpha value is -2.55. The normalized spacial score (nSPS) is 17.5. The van der Waals surface area contributed by atoms with E-state index in [0.29, 0.717) is 6.54 Å². The van der Waals surface area contributed by atoms with Gasteiger partial charge in [0.25, 0.3) is 0 Å². The van der Waals surface area contributed by atoms with Crippen LogP contribution in [0.15, 0.2) is 72.4 Å². The lowest BCUT2D eigenvalue weighted by molar-refractivity contribution is -0.116. The molecular weight excluding hydrogens is 248 g/mol. The third-order valence-electron chi connectivity index (χ3n) is 3.36. The fourth-order valence-electron chi connectivity index (χ4n) is 2.35. The van der Waals surface area contributed by atoms with Gasteiger partial charge in [-0.15, -0.1) is 0 Å². The Kier molecular flexibility index (Phi) is 3.50.